The third-order valence-corrected chi connectivity index (χ3v) is 7.11. The maximum absolute atomic E-state index is 12.9. The number of phenols is 1. The lowest BCUT2D eigenvalue weighted by Gasteiger charge is -2.18. The van der Waals surface area contributed by atoms with Crippen LogP contribution in [-0.2, 0) is 9.59 Å². The molecule has 1 aliphatic heterocycles. The Morgan fingerprint density at radius 2 is 1.89 bits per heavy atom. The van der Waals surface area contributed by atoms with E-state index in [1.807, 2.05) is 6.92 Å². The van der Waals surface area contributed by atoms with Crippen LogP contribution < -0.4 is 4.74 Å². The van der Waals surface area contributed by atoms with Gasteiger partial charge < -0.3 is 9.84 Å². The topological polar surface area (TPSA) is 79.2 Å². The highest BCUT2D eigenvalue weighted by Crippen LogP contribution is 2.73. The Kier molecular flexibility index (Phi) is 3.57. The highest BCUT2D eigenvalue weighted by atomic mass is 79.9. The van der Waals surface area contributed by atoms with Crippen LogP contribution in [0.15, 0.2) is 33.9 Å². The fraction of sp³-hybridized carbons (Fsp3) is 0.450. The molecular weight excluding hydrogens is 412 g/mol. The molecule has 1 N–H and O–H groups in total. The minimum Gasteiger partial charge on any atom is -0.503 e. The van der Waals surface area contributed by atoms with Gasteiger partial charge in [-0.05, 0) is 70.6 Å². The quantitative estimate of drug-likeness (QED) is 0.452. The highest BCUT2D eigenvalue weighted by Gasteiger charge is 2.73. The van der Waals surface area contributed by atoms with Gasteiger partial charge in [0.05, 0.1) is 29.1 Å². The van der Waals surface area contributed by atoms with Gasteiger partial charge in [0, 0.05) is 0 Å². The highest BCUT2D eigenvalue weighted by molar-refractivity contribution is 9.10. The predicted molar refractivity (Wildman–Crippen MR) is 101 cm³/mol. The van der Waals surface area contributed by atoms with Crippen molar-refractivity contribution in [1.29, 1.82) is 0 Å². The first-order chi connectivity index (χ1) is 13.0. The summed E-state index contributed by atoms with van der Waals surface area (Å²) >= 11 is 3.28. The molecule has 3 aliphatic carbocycles. The molecule has 7 heteroatoms. The Hall–Kier alpha value is -2.15. The van der Waals surface area contributed by atoms with Gasteiger partial charge in [-0.2, -0.15) is 10.1 Å². The van der Waals surface area contributed by atoms with Gasteiger partial charge in [-0.15, -0.1) is 0 Å². The molecule has 27 heavy (non-hydrogen) atoms. The third-order valence-electron chi connectivity index (χ3n) is 6.50. The lowest BCUT2D eigenvalue weighted by molar-refractivity contribution is -0.141. The maximum atomic E-state index is 12.9. The molecule has 4 aliphatic rings. The van der Waals surface area contributed by atoms with Crippen molar-refractivity contribution in [1.82, 2.24) is 5.01 Å². The summed E-state index contributed by atoms with van der Waals surface area (Å²) in [5, 5.41) is 15.2. The van der Waals surface area contributed by atoms with Gasteiger partial charge in [0.2, 0.25) is 0 Å². The van der Waals surface area contributed by atoms with E-state index in [1.54, 1.807) is 12.1 Å². The number of carbonyl (C=O) groups is 2. The van der Waals surface area contributed by atoms with E-state index in [0.717, 1.165) is 17.9 Å². The van der Waals surface area contributed by atoms with Crippen LogP contribution in [0.4, 0.5) is 0 Å². The van der Waals surface area contributed by atoms with E-state index < -0.39 is 0 Å². The van der Waals surface area contributed by atoms with Gasteiger partial charge in [0.25, 0.3) is 11.8 Å². The van der Waals surface area contributed by atoms with E-state index in [-0.39, 0.29) is 46.7 Å². The summed E-state index contributed by atoms with van der Waals surface area (Å²) in [5.74, 6) is -0.167. The van der Waals surface area contributed by atoms with Gasteiger partial charge in [-0.25, -0.2) is 0 Å². The Morgan fingerprint density at radius 3 is 2.44 bits per heavy atom. The normalized spacial score (nSPS) is 32.1. The molecule has 140 valence electrons. The van der Waals surface area contributed by atoms with E-state index in [4.69, 9.17) is 4.74 Å². The van der Waals surface area contributed by atoms with Crippen LogP contribution in [0.1, 0.15) is 25.3 Å². The molecular formula is C20H19BrN2O4. The number of nitrogens with zero attached hydrogens (tertiary/aromatic N) is 2. The van der Waals surface area contributed by atoms with Crippen molar-refractivity contribution in [3.8, 4) is 11.5 Å². The number of fused-ring (bicyclic) bond motifs is 3. The number of aromatic hydroxyl groups is 1. The Labute approximate surface area is 165 Å². The van der Waals surface area contributed by atoms with Crippen LogP contribution in [0.3, 0.4) is 0 Å². The Balaban J connectivity index is 1.41. The SMILES string of the molecule is CCOc1cc(/C=N\N2C(=O)[C@@H]3[C@H](C2=O)[C@H]2C=C[C@H]3C23CC3)cc(Br)c1O. The van der Waals surface area contributed by atoms with E-state index >= 15 is 0 Å². The number of amides is 2. The zero-order chi connectivity index (χ0) is 18.9. The largest absolute Gasteiger partial charge is 0.503 e. The zero-order valence-corrected chi connectivity index (χ0v) is 16.3. The molecule has 6 nitrogen and oxygen atoms in total. The summed E-state index contributed by atoms with van der Waals surface area (Å²) in [6, 6.07) is 3.29. The minimum atomic E-state index is -0.252. The van der Waals surface area contributed by atoms with Crippen LogP contribution in [0.2, 0.25) is 0 Å². The second kappa shape index (κ2) is 5.67. The van der Waals surface area contributed by atoms with Crippen molar-refractivity contribution in [2.24, 2.45) is 34.2 Å². The van der Waals surface area contributed by atoms with Crippen LogP contribution in [0.25, 0.3) is 0 Å². The number of hydrazone groups is 1. The second-order valence-electron chi connectivity index (χ2n) is 7.74. The molecule has 0 unspecified atom stereocenters. The van der Waals surface area contributed by atoms with Crippen molar-refractivity contribution < 1.29 is 19.4 Å². The van der Waals surface area contributed by atoms with Crippen LogP contribution >= 0.6 is 15.9 Å². The van der Waals surface area contributed by atoms with Crippen molar-refractivity contribution in [2.75, 3.05) is 6.61 Å². The van der Waals surface area contributed by atoms with Gasteiger partial charge in [-0.3, -0.25) is 9.59 Å². The summed E-state index contributed by atoms with van der Waals surface area (Å²) in [4.78, 5) is 25.8. The molecule has 0 aromatic heterocycles. The van der Waals surface area contributed by atoms with Crippen molar-refractivity contribution in [2.45, 2.75) is 19.8 Å². The molecule has 1 heterocycles. The van der Waals surface area contributed by atoms with Crippen LogP contribution in [0, 0.1) is 29.1 Å². The number of halogens is 1. The average molecular weight is 431 g/mol. The molecule has 1 saturated heterocycles. The van der Waals surface area contributed by atoms with E-state index in [2.05, 4.69) is 33.2 Å². The van der Waals surface area contributed by atoms with Gasteiger partial charge >= 0.3 is 0 Å². The maximum Gasteiger partial charge on any atom is 0.254 e. The number of allylic oxidation sites excluding steroid dienone is 2. The average Bonchev–Trinajstić information content (AvgIpc) is 3.24. The molecule has 2 saturated carbocycles. The Morgan fingerprint density at radius 1 is 1.26 bits per heavy atom. The van der Waals surface area contributed by atoms with E-state index in [1.165, 1.54) is 6.21 Å². The summed E-state index contributed by atoms with van der Waals surface area (Å²) in [6.07, 6.45) is 7.99. The van der Waals surface area contributed by atoms with Crippen LogP contribution in [0.5, 0.6) is 11.5 Å². The number of benzene rings is 1. The molecule has 0 radical (unpaired) electrons. The summed E-state index contributed by atoms with van der Waals surface area (Å²) < 4.78 is 5.86. The predicted octanol–water partition coefficient (Wildman–Crippen LogP) is 3.08. The first-order valence-corrected chi connectivity index (χ1v) is 10.0. The van der Waals surface area contributed by atoms with Crippen molar-refractivity contribution >= 4 is 34.0 Å². The molecule has 3 fully saturated rings. The van der Waals surface area contributed by atoms with Gasteiger partial charge in [0.15, 0.2) is 11.5 Å². The zero-order valence-electron chi connectivity index (χ0n) is 14.8. The third kappa shape index (κ3) is 2.21. The molecule has 1 spiro atoms. The number of ether oxygens (including phenoxy) is 1. The first-order valence-electron chi connectivity index (χ1n) is 9.23. The molecule has 1 aromatic carbocycles. The van der Waals surface area contributed by atoms with E-state index in [9.17, 15) is 14.7 Å². The number of phenolic OH excluding ortho intramolecular Hbond substituents is 1. The van der Waals surface area contributed by atoms with Gasteiger partial charge in [-0.1, -0.05) is 12.2 Å². The number of hydrogen-bond acceptors (Lipinski definition) is 5. The number of rotatable bonds is 4. The Bertz CT molecular complexity index is 887. The summed E-state index contributed by atoms with van der Waals surface area (Å²) in [5.41, 5.74) is 0.811. The molecule has 5 rings (SSSR count). The minimum absolute atomic E-state index is 0.00855. The number of hydrogen-bond donors (Lipinski definition) is 1. The summed E-state index contributed by atoms with van der Waals surface area (Å²) in [7, 11) is 0. The van der Waals surface area contributed by atoms with E-state index in [0.29, 0.717) is 22.4 Å². The monoisotopic (exact) mass is 430 g/mol. The lowest BCUT2D eigenvalue weighted by Crippen LogP contribution is -2.30. The van der Waals surface area contributed by atoms with Gasteiger partial charge in [0.1, 0.15) is 0 Å². The van der Waals surface area contributed by atoms with Crippen molar-refractivity contribution in [3.05, 3.63) is 34.3 Å². The molecule has 1 aromatic rings. The number of carbonyl (C=O) groups excluding carboxylic acids is 2. The fourth-order valence-corrected chi connectivity index (χ4v) is 5.69. The molecule has 2 amide bonds. The molecule has 4 atom stereocenters. The lowest BCUT2D eigenvalue weighted by atomic mass is 9.85. The summed E-state index contributed by atoms with van der Waals surface area (Å²) in [6.45, 7) is 2.23. The smallest absolute Gasteiger partial charge is 0.254 e. The number of imide groups is 1. The van der Waals surface area contributed by atoms with Crippen molar-refractivity contribution in [3.63, 3.8) is 0 Å². The molecule has 2 bridgehead atoms. The second-order valence-corrected chi connectivity index (χ2v) is 8.59. The first kappa shape index (κ1) is 17.0. The standard InChI is InChI=1S/C20H19BrN2O4/c1-2-27-14-8-10(7-13(21)17(14)24)9-22-23-18(25)15-11-3-4-12(16(15)19(23)26)20(11)5-6-20/h3-4,7-9,11-12,15-16,24H,2,5-6H2,1H3/b22-9-/t11-,12-,15-,16+/m1/s1. The fourth-order valence-electron chi connectivity index (χ4n) is 5.23. The van der Waals surface area contributed by atoms with Crippen LogP contribution in [-0.4, -0.2) is 34.8 Å².